The third-order valence-corrected chi connectivity index (χ3v) is 6.96. The molecule has 0 bridgehead atoms. The van der Waals surface area contributed by atoms with Gasteiger partial charge in [-0.25, -0.2) is 4.79 Å². The Morgan fingerprint density at radius 3 is 2.41 bits per heavy atom. The SMILES string of the molecule is CCN(CC)c1ccc(-c2nnc(SCC(=O)c3c(N)n(C4CC4)c(=O)[nH]c3=O)n2CC)cc1. The molecule has 0 spiro atoms. The Morgan fingerprint density at radius 2 is 1.82 bits per heavy atom. The first-order valence-corrected chi connectivity index (χ1v) is 12.5. The summed E-state index contributed by atoms with van der Waals surface area (Å²) in [4.78, 5) is 41.8. The molecule has 1 aliphatic carbocycles. The van der Waals surface area contributed by atoms with Crippen molar-refractivity contribution in [1.82, 2.24) is 24.3 Å². The number of anilines is 2. The van der Waals surface area contributed by atoms with Gasteiger partial charge in [0.2, 0.25) is 0 Å². The van der Waals surface area contributed by atoms with Gasteiger partial charge < -0.3 is 15.2 Å². The molecule has 0 atom stereocenters. The maximum absolute atomic E-state index is 12.9. The van der Waals surface area contributed by atoms with E-state index in [1.165, 1.54) is 16.3 Å². The zero-order valence-corrected chi connectivity index (χ0v) is 20.4. The van der Waals surface area contributed by atoms with Crippen molar-refractivity contribution in [3.05, 3.63) is 50.7 Å². The van der Waals surface area contributed by atoms with Gasteiger partial charge in [-0.05, 0) is 57.9 Å². The largest absolute Gasteiger partial charge is 0.384 e. The lowest BCUT2D eigenvalue weighted by atomic mass is 10.2. The molecule has 0 aliphatic heterocycles. The molecule has 180 valence electrons. The smallest absolute Gasteiger partial charge is 0.330 e. The summed E-state index contributed by atoms with van der Waals surface area (Å²) in [6.07, 6.45) is 1.60. The van der Waals surface area contributed by atoms with Crippen LogP contribution in [0.4, 0.5) is 11.5 Å². The third-order valence-electron chi connectivity index (χ3n) is 5.99. The molecule has 2 aromatic heterocycles. The van der Waals surface area contributed by atoms with Crippen molar-refractivity contribution < 1.29 is 4.79 Å². The number of carbonyl (C=O) groups excluding carboxylic acids is 1. The molecule has 34 heavy (non-hydrogen) atoms. The summed E-state index contributed by atoms with van der Waals surface area (Å²) in [5, 5.41) is 9.19. The summed E-state index contributed by atoms with van der Waals surface area (Å²) in [7, 11) is 0. The number of benzene rings is 1. The summed E-state index contributed by atoms with van der Waals surface area (Å²) in [6.45, 7) is 8.71. The fourth-order valence-electron chi connectivity index (χ4n) is 4.04. The molecule has 0 unspecified atom stereocenters. The number of Topliss-reactive ketones (excluding diaryl/α,β-unsaturated/α-hetero) is 1. The highest BCUT2D eigenvalue weighted by atomic mass is 32.2. The number of rotatable bonds is 10. The van der Waals surface area contributed by atoms with Gasteiger partial charge in [-0.1, -0.05) is 11.8 Å². The number of ketones is 1. The molecule has 0 saturated heterocycles. The minimum atomic E-state index is -0.754. The van der Waals surface area contributed by atoms with Gasteiger partial charge in [0.15, 0.2) is 16.8 Å². The van der Waals surface area contributed by atoms with Crippen LogP contribution in [0.15, 0.2) is 39.0 Å². The number of aromatic nitrogens is 5. The zero-order valence-electron chi connectivity index (χ0n) is 19.6. The predicted molar refractivity (Wildman–Crippen MR) is 134 cm³/mol. The Balaban J connectivity index is 1.54. The van der Waals surface area contributed by atoms with Crippen molar-refractivity contribution >= 4 is 29.1 Å². The van der Waals surface area contributed by atoms with Crippen LogP contribution in [-0.4, -0.2) is 48.9 Å². The molecule has 1 aliphatic rings. The number of thioether (sulfide) groups is 1. The van der Waals surface area contributed by atoms with E-state index in [9.17, 15) is 14.4 Å². The van der Waals surface area contributed by atoms with Gasteiger partial charge in [0.1, 0.15) is 11.4 Å². The van der Waals surface area contributed by atoms with Crippen LogP contribution in [-0.2, 0) is 6.54 Å². The monoisotopic (exact) mass is 483 g/mol. The van der Waals surface area contributed by atoms with Crippen LogP contribution in [0, 0.1) is 0 Å². The Labute approximate surface area is 201 Å². The zero-order chi connectivity index (χ0) is 24.4. The molecule has 10 nitrogen and oxygen atoms in total. The maximum Gasteiger partial charge on any atom is 0.330 e. The molecule has 2 heterocycles. The number of H-pyrrole nitrogens is 1. The Hall–Kier alpha value is -3.34. The van der Waals surface area contributed by atoms with Crippen molar-refractivity contribution in [1.29, 1.82) is 0 Å². The van der Waals surface area contributed by atoms with Crippen LogP contribution in [0.25, 0.3) is 11.4 Å². The van der Waals surface area contributed by atoms with Crippen molar-refractivity contribution in [3.8, 4) is 11.4 Å². The molecule has 3 N–H and O–H groups in total. The van der Waals surface area contributed by atoms with Gasteiger partial charge >= 0.3 is 5.69 Å². The van der Waals surface area contributed by atoms with E-state index in [4.69, 9.17) is 5.73 Å². The normalized spacial score (nSPS) is 13.3. The van der Waals surface area contributed by atoms with Crippen molar-refractivity contribution in [2.24, 2.45) is 0 Å². The van der Waals surface area contributed by atoms with E-state index in [0.717, 1.165) is 37.2 Å². The van der Waals surface area contributed by atoms with Gasteiger partial charge in [-0.2, -0.15) is 0 Å². The van der Waals surface area contributed by atoms with Gasteiger partial charge in [0.25, 0.3) is 5.56 Å². The molecular formula is C23H29N7O3S. The van der Waals surface area contributed by atoms with Gasteiger partial charge in [0.05, 0.1) is 5.75 Å². The Morgan fingerprint density at radius 1 is 1.15 bits per heavy atom. The summed E-state index contributed by atoms with van der Waals surface area (Å²) in [5.74, 6) is 0.153. The lowest BCUT2D eigenvalue weighted by Gasteiger charge is -2.21. The first-order valence-electron chi connectivity index (χ1n) is 11.5. The van der Waals surface area contributed by atoms with E-state index >= 15 is 0 Å². The average molecular weight is 484 g/mol. The fourth-order valence-corrected chi connectivity index (χ4v) is 4.91. The number of aromatic amines is 1. The van der Waals surface area contributed by atoms with E-state index in [-0.39, 0.29) is 23.2 Å². The number of hydrogen-bond donors (Lipinski definition) is 2. The van der Waals surface area contributed by atoms with Crippen LogP contribution >= 0.6 is 11.8 Å². The summed E-state index contributed by atoms with van der Waals surface area (Å²) < 4.78 is 3.25. The van der Waals surface area contributed by atoms with Crippen LogP contribution in [0.1, 0.15) is 50.0 Å². The van der Waals surface area contributed by atoms with E-state index in [1.807, 2.05) is 23.6 Å². The van der Waals surface area contributed by atoms with Crippen molar-refractivity contribution in [2.75, 3.05) is 29.5 Å². The number of hydrogen-bond acceptors (Lipinski definition) is 8. The summed E-state index contributed by atoms with van der Waals surface area (Å²) in [5.41, 5.74) is 6.64. The summed E-state index contributed by atoms with van der Waals surface area (Å²) >= 11 is 1.19. The van der Waals surface area contributed by atoms with Crippen LogP contribution in [0.2, 0.25) is 0 Å². The second-order valence-electron chi connectivity index (χ2n) is 8.10. The van der Waals surface area contributed by atoms with Crippen LogP contribution in [0.3, 0.4) is 0 Å². The maximum atomic E-state index is 12.9. The van der Waals surface area contributed by atoms with Crippen molar-refractivity contribution in [3.63, 3.8) is 0 Å². The molecule has 0 amide bonds. The number of carbonyl (C=O) groups is 1. The first kappa shape index (κ1) is 23.8. The topological polar surface area (TPSA) is 132 Å². The second-order valence-corrected chi connectivity index (χ2v) is 9.04. The average Bonchev–Trinajstić information content (AvgIpc) is 3.56. The highest BCUT2D eigenvalue weighted by Gasteiger charge is 2.30. The molecule has 1 saturated carbocycles. The molecule has 1 aromatic carbocycles. The van der Waals surface area contributed by atoms with Crippen LogP contribution in [0.5, 0.6) is 0 Å². The first-order chi connectivity index (χ1) is 16.4. The quantitative estimate of drug-likeness (QED) is 0.332. The minimum absolute atomic E-state index is 0.0464. The Kier molecular flexibility index (Phi) is 6.92. The van der Waals surface area contributed by atoms with Gasteiger partial charge in [-0.15, -0.1) is 10.2 Å². The summed E-state index contributed by atoms with van der Waals surface area (Å²) in [6, 6.07) is 8.12. The van der Waals surface area contributed by atoms with E-state index in [1.54, 1.807) is 0 Å². The lowest BCUT2D eigenvalue weighted by molar-refractivity contribution is 0.102. The third kappa shape index (κ3) is 4.52. The molecule has 3 aromatic rings. The highest BCUT2D eigenvalue weighted by molar-refractivity contribution is 7.99. The predicted octanol–water partition coefficient (Wildman–Crippen LogP) is 2.55. The number of nitrogens with one attached hydrogen (secondary N) is 1. The standard InChI is InChI=1S/C23H29N7O3S/c1-4-28(5-2)15-9-7-14(8-10-15)20-26-27-23(29(20)6-3)34-13-17(31)18-19(24)30(16-11-12-16)22(33)25-21(18)32/h7-10,16H,4-6,11-13,24H2,1-3H3,(H,25,32,33). The minimum Gasteiger partial charge on any atom is -0.384 e. The second kappa shape index (κ2) is 9.88. The molecule has 11 heteroatoms. The molecular weight excluding hydrogens is 454 g/mol. The van der Waals surface area contributed by atoms with E-state index < -0.39 is 17.0 Å². The Bertz CT molecular complexity index is 1300. The number of nitrogens with zero attached hydrogens (tertiary/aromatic N) is 5. The molecule has 4 rings (SSSR count). The number of nitrogen functional groups attached to an aromatic ring is 1. The van der Waals surface area contributed by atoms with E-state index in [0.29, 0.717) is 17.5 Å². The van der Waals surface area contributed by atoms with Crippen LogP contribution < -0.4 is 21.9 Å². The highest BCUT2D eigenvalue weighted by Crippen LogP contribution is 2.35. The number of nitrogens with two attached hydrogens (primary N) is 1. The van der Waals surface area contributed by atoms with E-state index in [2.05, 4.69) is 46.1 Å². The molecule has 1 fully saturated rings. The molecule has 0 radical (unpaired) electrons. The lowest BCUT2D eigenvalue weighted by Crippen LogP contribution is -2.36. The van der Waals surface area contributed by atoms with Crippen molar-refractivity contribution in [2.45, 2.75) is 51.4 Å². The van der Waals surface area contributed by atoms with Gasteiger partial charge in [0, 0.05) is 36.9 Å². The van der Waals surface area contributed by atoms with Gasteiger partial charge in [-0.3, -0.25) is 19.1 Å². The fraction of sp³-hybridized carbons (Fsp3) is 0.435.